The molecule has 1 saturated carbocycles. The van der Waals surface area contributed by atoms with Crippen molar-refractivity contribution in [1.82, 2.24) is 10.2 Å². The van der Waals surface area contributed by atoms with Crippen molar-refractivity contribution < 1.29 is 4.79 Å². The molecule has 0 bridgehead atoms. The highest BCUT2D eigenvalue weighted by Crippen LogP contribution is 2.35. The Kier molecular flexibility index (Phi) is 4.00. The molecule has 3 heteroatoms. The van der Waals surface area contributed by atoms with Crippen LogP contribution < -0.4 is 5.32 Å². The summed E-state index contributed by atoms with van der Waals surface area (Å²) in [6.45, 7) is 8.57. The second-order valence-corrected chi connectivity index (χ2v) is 6.25. The summed E-state index contributed by atoms with van der Waals surface area (Å²) < 4.78 is 0. The highest BCUT2D eigenvalue weighted by atomic mass is 16.2. The van der Waals surface area contributed by atoms with Gasteiger partial charge in [0.2, 0.25) is 5.91 Å². The van der Waals surface area contributed by atoms with Crippen molar-refractivity contribution in [3.63, 3.8) is 0 Å². The van der Waals surface area contributed by atoms with Gasteiger partial charge in [0.25, 0.3) is 0 Å². The van der Waals surface area contributed by atoms with E-state index in [1.54, 1.807) is 0 Å². The molecule has 3 nitrogen and oxygen atoms in total. The Bertz CT molecular complexity index is 312. The number of hydrogen-bond acceptors (Lipinski definition) is 2. The molecule has 3 unspecified atom stereocenters. The lowest BCUT2D eigenvalue weighted by Gasteiger charge is -2.34. The van der Waals surface area contributed by atoms with E-state index in [0.717, 1.165) is 12.8 Å². The lowest BCUT2D eigenvalue weighted by Crippen LogP contribution is -2.46. The molecule has 2 fully saturated rings. The third-order valence-corrected chi connectivity index (χ3v) is 5.14. The second kappa shape index (κ2) is 5.20. The van der Waals surface area contributed by atoms with Crippen molar-refractivity contribution in [2.45, 2.75) is 84.0 Å². The average Bonchev–Trinajstić information content (AvgIpc) is 2.97. The van der Waals surface area contributed by atoms with Gasteiger partial charge in [0, 0.05) is 6.04 Å². The summed E-state index contributed by atoms with van der Waals surface area (Å²) in [4.78, 5) is 14.8. The largest absolute Gasteiger partial charge is 0.323 e. The third-order valence-electron chi connectivity index (χ3n) is 5.14. The van der Waals surface area contributed by atoms with Crippen LogP contribution in [-0.4, -0.2) is 28.6 Å². The van der Waals surface area contributed by atoms with Crippen LogP contribution in [0.4, 0.5) is 0 Å². The van der Waals surface area contributed by atoms with Crippen LogP contribution in [0.25, 0.3) is 0 Å². The van der Waals surface area contributed by atoms with Crippen molar-refractivity contribution in [3.05, 3.63) is 0 Å². The zero-order chi connectivity index (χ0) is 13.3. The molecular formula is C15H28N2O. The van der Waals surface area contributed by atoms with Gasteiger partial charge in [0.1, 0.15) is 0 Å². The molecular weight excluding hydrogens is 224 g/mol. The molecule has 0 aromatic carbocycles. The maximum Gasteiger partial charge on any atom is 0.244 e. The minimum Gasteiger partial charge on any atom is -0.323 e. The lowest BCUT2D eigenvalue weighted by molar-refractivity contribution is -0.135. The van der Waals surface area contributed by atoms with Crippen molar-refractivity contribution >= 4 is 5.91 Å². The van der Waals surface area contributed by atoms with E-state index in [4.69, 9.17) is 0 Å². The number of rotatable bonds is 4. The van der Waals surface area contributed by atoms with E-state index in [-0.39, 0.29) is 11.7 Å². The first kappa shape index (κ1) is 13.9. The zero-order valence-corrected chi connectivity index (χ0v) is 12.3. The molecule has 1 aliphatic heterocycles. The van der Waals surface area contributed by atoms with Crippen LogP contribution in [0.3, 0.4) is 0 Å². The maximum absolute atomic E-state index is 12.7. The normalized spacial score (nSPS) is 35.4. The van der Waals surface area contributed by atoms with Crippen LogP contribution in [-0.2, 0) is 4.79 Å². The fourth-order valence-electron chi connectivity index (χ4n) is 3.61. The van der Waals surface area contributed by atoms with Crippen molar-refractivity contribution in [1.29, 1.82) is 0 Å². The van der Waals surface area contributed by atoms with Gasteiger partial charge in [-0.05, 0) is 45.4 Å². The van der Waals surface area contributed by atoms with Gasteiger partial charge in [-0.3, -0.25) is 10.1 Å². The van der Waals surface area contributed by atoms with Gasteiger partial charge in [0.05, 0.1) is 11.7 Å². The van der Waals surface area contributed by atoms with Gasteiger partial charge in [-0.1, -0.05) is 26.7 Å². The van der Waals surface area contributed by atoms with E-state index in [0.29, 0.717) is 17.9 Å². The Hall–Kier alpha value is -0.570. The Morgan fingerprint density at radius 1 is 1.39 bits per heavy atom. The number of carbonyl (C=O) groups excluding carboxylic acids is 1. The van der Waals surface area contributed by atoms with Crippen molar-refractivity contribution in [2.75, 3.05) is 0 Å². The number of nitrogens with one attached hydrogen (secondary N) is 1. The van der Waals surface area contributed by atoms with Crippen LogP contribution in [0.5, 0.6) is 0 Å². The first-order chi connectivity index (χ1) is 8.53. The quantitative estimate of drug-likeness (QED) is 0.834. The smallest absolute Gasteiger partial charge is 0.244 e. The zero-order valence-electron chi connectivity index (χ0n) is 12.3. The standard InChI is InChI=1S/C15H28N2O/c1-5-13-16-15(4,6-2)14(18)17(13)11(3)12-9-7-8-10-12/h11-13,16H,5-10H2,1-4H3. The molecule has 0 aromatic heterocycles. The Morgan fingerprint density at radius 3 is 2.50 bits per heavy atom. The molecule has 2 aliphatic rings. The minimum absolute atomic E-state index is 0.234. The summed E-state index contributed by atoms with van der Waals surface area (Å²) in [5.41, 5.74) is -0.340. The summed E-state index contributed by atoms with van der Waals surface area (Å²) >= 11 is 0. The molecule has 2 rings (SSSR count). The molecule has 0 radical (unpaired) electrons. The van der Waals surface area contributed by atoms with Gasteiger partial charge in [-0.15, -0.1) is 0 Å². The summed E-state index contributed by atoms with van der Waals surface area (Å²) in [7, 11) is 0. The Morgan fingerprint density at radius 2 is 2.00 bits per heavy atom. The van der Waals surface area contributed by atoms with E-state index >= 15 is 0 Å². The van der Waals surface area contributed by atoms with Crippen molar-refractivity contribution in [2.24, 2.45) is 5.92 Å². The first-order valence-corrected chi connectivity index (χ1v) is 7.64. The van der Waals surface area contributed by atoms with Crippen LogP contribution in [0.1, 0.15) is 66.2 Å². The number of carbonyl (C=O) groups is 1. The molecule has 18 heavy (non-hydrogen) atoms. The molecule has 1 saturated heterocycles. The molecule has 0 aromatic rings. The van der Waals surface area contributed by atoms with E-state index in [2.05, 4.69) is 37.9 Å². The number of hydrogen-bond donors (Lipinski definition) is 1. The highest BCUT2D eigenvalue weighted by molar-refractivity contribution is 5.88. The highest BCUT2D eigenvalue weighted by Gasteiger charge is 2.48. The SMILES string of the molecule is CCC1NC(C)(CC)C(=O)N1C(C)C1CCCC1. The number of nitrogens with zero attached hydrogens (tertiary/aromatic N) is 1. The molecule has 0 spiro atoms. The van der Waals surface area contributed by atoms with E-state index in [1.165, 1.54) is 25.7 Å². The van der Waals surface area contributed by atoms with Gasteiger partial charge in [0.15, 0.2) is 0 Å². The fourth-order valence-corrected chi connectivity index (χ4v) is 3.61. The van der Waals surface area contributed by atoms with Crippen LogP contribution in [0, 0.1) is 5.92 Å². The summed E-state index contributed by atoms with van der Waals surface area (Å²) in [6, 6.07) is 0.394. The predicted octanol–water partition coefficient (Wildman–Crippen LogP) is 2.90. The van der Waals surface area contributed by atoms with Crippen LogP contribution >= 0.6 is 0 Å². The van der Waals surface area contributed by atoms with Gasteiger partial charge in [-0.25, -0.2) is 0 Å². The summed E-state index contributed by atoms with van der Waals surface area (Å²) in [5, 5.41) is 3.55. The third kappa shape index (κ3) is 2.18. The number of amides is 1. The maximum atomic E-state index is 12.7. The summed E-state index contributed by atoms with van der Waals surface area (Å²) in [5.74, 6) is 1.03. The van der Waals surface area contributed by atoms with Crippen LogP contribution in [0.15, 0.2) is 0 Å². The predicted molar refractivity (Wildman–Crippen MR) is 74.2 cm³/mol. The Balaban J connectivity index is 2.16. The van der Waals surface area contributed by atoms with Gasteiger partial charge in [-0.2, -0.15) is 0 Å². The lowest BCUT2D eigenvalue weighted by atomic mass is 9.95. The van der Waals surface area contributed by atoms with E-state index in [1.807, 2.05) is 0 Å². The molecule has 3 atom stereocenters. The molecule has 104 valence electrons. The fraction of sp³-hybridized carbons (Fsp3) is 0.933. The second-order valence-electron chi connectivity index (χ2n) is 6.25. The first-order valence-electron chi connectivity index (χ1n) is 7.64. The summed E-state index contributed by atoms with van der Waals surface area (Å²) in [6.07, 6.45) is 7.37. The van der Waals surface area contributed by atoms with E-state index < -0.39 is 0 Å². The monoisotopic (exact) mass is 252 g/mol. The molecule has 1 amide bonds. The molecule has 1 heterocycles. The Labute approximate surface area is 111 Å². The van der Waals surface area contributed by atoms with Crippen molar-refractivity contribution in [3.8, 4) is 0 Å². The van der Waals surface area contributed by atoms with Gasteiger partial charge >= 0.3 is 0 Å². The van der Waals surface area contributed by atoms with E-state index in [9.17, 15) is 4.79 Å². The van der Waals surface area contributed by atoms with Crippen LogP contribution in [0.2, 0.25) is 0 Å². The van der Waals surface area contributed by atoms with Gasteiger partial charge < -0.3 is 4.90 Å². The topological polar surface area (TPSA) is 32.3 Å². The molecule has 1 N–H and O–H groups in total. The minimum atomic E-state index is -0.340. The molecule has 1 aliphatic carbocycles. The average molecular weight is 252 g/mol.